The highest BCUT2D eigenvalue weighted by Crippen LogP contribution is 2.69. The second-order valence-corrected chi connectivity index (χ2v) is 7.27. The van der Waals surface area contributed by atoms with Crippen molar-refractivity contribution in [3.8, 4) is 0 Å². The van der Waals surface area contributed by atoms with E-state index >= 15 is 0 Å². The fraction of sp³-hybridized carbons (Fsp3) is 0.933. The molecule has 0 N–H and O–H groups in total. The van der Waals surface area contributed by atoms with Crippen LogP contribution in [-0.4, -0.2) is 42.0 Å². The first-order chi connectivity index (χ1) is 9.20. The number of carbonyl (C=O) groups excluding carboxylic acids is 1. The van der Waals surface area contributed by atoms with Gasteiger partial charge in [-0.2, -0.15) is 0 Å². The number of hydrogen-bond donors (Lipinski definition) is 0. The number of fused-ring (bicyclic) bond motifs is 5. The molecule has 4 heteroatoms. The Morgan fingerprint density at radius 3 is 2.63 bits per heavy atom. The third-order valence-corrected chi connectivity index (χ3v) is 6.33. The number of ether oxygens (including phenoxy) is 1. The molecule has 4 aliphatic rings. The summed E-state index contributed by atoms with van der Waals surface area (Å²) in [5.74, 6) is 4.43. The van der Waals surface area contributed by atoms with Crippen molar-refractivity contribution in [2.45, 2.75) is 38.3 Å². The summed E-state index contributed by atoms with van der Waals surface area (Å²) in [4.78, 5) is 14.8. The number of alkyl halides is 1. The van der Waals surface area contributed by atoms with E-state index in [0.717, 1.165) is 23.7 Å². The van der Waals surface area contributed by atoms with E-state index in [1.54, 1.807) is 0 Å². The van der Waals surface area contributed by atoms with Crippen molar-refractivity contribution in [1.29, 1.82) is 0 Å². The Bertz CT molecular complexity index is 386. The molecule has 3 saturated carbocycles. The van der Waals surface area contributed by atoms with E-state index in [1.807, 2.05) is 0 Å². The summed E-state index contributed by atoms with van der Waals surface area (Å²) in [7, 11) is 0. The monoisotopic (exact) mass is 283 g/mol. The highest BCUT2D eigenvalue weighted by atomic mass is 35.5. The minimum Gasteiger partial charge on any atom is -0.373 e. The molecule has 6 atom stereocenters. The first-order valence-corrected chi connectivity index (χ1v) is 8.22. The number of halogens is 1. The smallest absolute Gasteiger partial charge is 0.226 e. The van der Waals surface area contributed by atoms with Crippen molar-refractivity contribution in [1.82, 2.24) is 4.90 Å². The number of amides is 1. The molecule has 6 unspecified atom stereocenters. The molecule has 1 heterocycles. The molecule has 4 fully saturated rings. The summed E-state index contributed by atoms with van der Waals surface area (Å²) < 4.78 is 5.64. The summed E-state index contributed by atoms with van der Waals surface area (Å²) in [6.45, 7) is 3.42. The molecule has 106 valence electrons. The molecule has 1 saturated heterocycles. The Balaban J connectivity index is 1.46. The highest BCUT2D eigenvalue weighted by Gasteiger charge is 2.68. The number of nitrogens with zero attached hydrogens (tertiary/aromatic N) is 1. The van der Waals surface area contributed by atoms with Crippen molar-refractivity contribution in [2.75, 3.05) is 19.0 Å². The van der Waals surface area contributed by atoms with Gasteiger partial charge in [-0.15, -0.1) is 11.6 Å². The number of morpholine rings is 1. The molecule has 4 rings (SSSR count). The summed E-state index contributed by atoms with van der Waals surface area (Å²) >= 11 is 5.88. The standard InChI is InChI=1S/C15H22ClNO2/c1-8-7-19-11(5-16)6-17(8)15(18)14-12-9-2-3-10(4-9)13(12)14/h8-14H,2-7H2,1H3. The zero-order chi connectivity index (χ0) is 13.1. The van der Waals surface area contributed by atoms with E-state index in [1.165, 1.54) is 19.3 Å². The van der Waals surface area contributed by atoms with Crippen LogP contribution in [0.1, 0.15) is 26.2 Å². The van der Waals surface area contributed by atoms with E-state index in [0.29, 0.717) is 30.9 Å². The van der Waals surface area contributed by atoms with Crippen LogP contribution in [0.4, 0.5) is 0 Å². The van der Waals surface area contributed by atoms with E-state index in [2.05, 4.69) is 11.8 Å². The predicted molar refractivity (Wildman–Crippen MR) is 72.9 cm³/mol. The maximum Gasteiger partial charge on any atom is 0.226 e. The fourth-order valence-corrected chi connectivity index (χ4v) is 5.25. The van der Waals surface area contributed by atoms with Gasteiger partial charge in [0, 0.05) is 12.5 Å². The molecule has 0 spiro atoms. The largest absolute Gasteiger partial charge is 0.373 e. The first kappa shape index (κ1) is 12.5. The van der Waals surface area contributed by atoms with Gasteiger partial charge in [0.2, 0.25) is 5.91 Å². The second kappa shape index (κ2) is 4.36. The van der Waals surface area contributed by atoms with Crippen molar-refractivity contribution in [2.24, 2.45) is 29.6 Å². The van der Waals surface area contributed by atoms with Crippen molar-refractivity contribution in [3.63, 3.8) is 0 Å². The lowest BCUT2D eigenvalue weighted by Gasteiger charge is -2.38. The Morgan fingerprint density at radius 2 is 2.00 bits per heavy atom. The molecular formula is C15H22ClNO2. The fourth-order valence-electron chi connectivity index (χ4n) is 5.06. The normalized spacial score (nSPS) is 51.3. The van der Waals surface area contributed by atoms with E-state index in [9.17, 15) is 4.79 Å². The summed E-state index contributed by atoms with van der Waals surface area (Å²) in [6.07, 6.45) is 4.18. The van der Waals surface area contributed by atoms with Gasteiger partial charge in [0.05, 0.1) is 24.6 Å². The van der Waals surface area contributed by atoms with Gasteiger partial charge in [-0.05, 0) is 49.9 Å². The van der Waals surface area contributed by atoms with E-state index < -0.39 is 0 Å². The van der Waals surface area contributed by atoms with E-state index in [4.69, 9.17) is 16.3 Å². The summed E-state index contributed by atoms with van der Waals surface area (Å²) in [5, 5.41) is 0. The average molecular weight is 284 g/mol. The topological polar surface area (TPSA) is 29.5 Å². The Kier molecular flexibility index (Phi) is 2.86. The highest BCUT2D eigenvalue weighted by molar-refractivity contribution is 6.18. The Morgan fingerprint density at radius 1 is 1.32 bits per heavy atom. The lowest BCUT2D eigenvalue weighted by molar-refractivity contribution is -0.145. The van der Waals surface area contributed by atoms with Crippen molar-refractivity contribution >= 4 is 17.5 Å². The predicted octanol–water partition coefficient (Wildman–Crippen LogP) is 2.13. The number of carbonyl (C=O) groups is 1. The zero-order valence-corrected chi connectivity index (χ0v) is 12.2. The van der Waals surface area contributed by atoms with Gasteiger partial charge in [-0.3, -0.25) is 4.79 Å². The quantitative estimate of drug-likeness (QED) is 0.727. The molecular weight excluding hydrogens is 262 g/mol. The maximum atomic E-state index is 12.8. The average Bonchev–Trinajstić information content (AvgIpc) is 2.86. The van der Waals surface area contributed by atoms with Gasteiger partial charge in [-0.1, -0.05) is 0 Å². The van der Waals surface area contributed by atoms with Crippen LogP contribution in [0.15, 0.2) is 0 Å². The van der Waals surface area contributed by atoms with Crippen molar-refractivity contribution < 1.29 is 9.53 Å². The molecule has 0 aromatic carbocycles. The zero-order valence-electron chi connectivity index (χ0n) is 11.4. The minimum atomic E-state index is 0.0251. The first-order valence-electron chi connectivity index (χ1n) is 7.68. The number of rotatable bonds is 2. The molecule has 2 bridgehead atoms. The molecule has 1 aliphatic heterocycles. The van der Waals surface area contributed by atoms with Crippen LogP contribution in [0, 0.1) is 29.6 Å². The van der Waals surface area contributed by atoms with Crippen LogP contribution in [0.3, 0.4) is 0 Å². The maximum absolute atomic E-state index is 12.8. The van der Waals surface area contributed by atoms with Gasteiger partial charge < -0.3 is 9.64 Å². The lowest BCUT2D eigenvalue weighted by Crippen LogP contribution is -2.52. The number of hydrogen-bond acceptors (Lipinski definition) is 2. The SMILES string of the molecule is CC1COC(CCl)CN1C(=O)C1C2C3CCC(C3)C12. The minimum absolute atomic E-state index is 0.0251. The lowest BCUT2D eigenvalue weighted by atomic mass is 10.0. The van der Waals surface area contributed by atoms with Crippen LogP contribution >= 0.6 is 11.6 Å². The Hall–Kier alpha value is -0.280. The van der Waals surface area contributed by atoms with Crippen LogP contribution in [0.25, 0.3) is 0 Å². The van der Waals surface area contributed by atoms with Gasteiger partial charge in [-0.25, -0.2) is 0 Å². The Labute approximate surface area is 119 Å². The van der Waals surface area contributed by atoms with Crippen LogP contribution < -0.4 is 0 Å². The summed E-state index contributed by atoms with van der Waals surface area (Å²) in [6, 6.07) is 0.214. The second-order valence-electron chi connectivity index (χ2n) is 6.96. The van der Waals surface area contributed by atoms with Gasteiger partial charge >= 0.3 is 0 Å². The van der Waals surface area contributed by atoms with E-state index in [-0.39, 0.29) is 12.1 Å². The van der Waals surface area contributed by atoms with Crippen LogP contribution in [-0.2, 0) is 9.53 Å². The molecule has 3 aliphatic carbocycles. The third-order valence-electron chi connectivity index (χ3n) is 5.98. The van der Waals surface area contributed by atoms with Crippen LogP contribution in [0.5, 0.6) is 0 Å². The van der Waals surface area contributed by atoms with Crippen molar-refractivity contribution in [3.05, 3.63) is 0 Å². The molecule has 1 amide bonds. The van der Waals surface area contributed by atoms with Gasteiger partial charge in [0.15, 0.2) is 0 Å². The molecule has 0 aromatic heterocycles. The van der Waals surface area contributed by atoms with Crippen LogP contribution in [0.2, 0.25) is 0 Å². The molecule has 0 radical (unpaired) electrons. The molecule has 19 heavy (non-hydrogen) atoms. The molecule has 3 nitrogen and oxygen atoms in total. The van der Waals surface area contributed by atoms with Gasteiger partial charge in [0.25, 0.3) is 0 Å². The van der Waals surface area contributed by atoms with Gasteiger partial charge in [0.1, 0.15) is 0 Å². The summed E-state index contributed by atoms with van der Waals surface area (Å²) in [5.41, 5.74) is 0. The third kappa shape index (κ3) is 1.77. The molecule has 0 aromatic rings.